The summed E-state index contributed by atoms with van der Waals surface area (Å²) in [6.45, 7) is 11.5. The summed E-state index contributed by atoms with van der Waals surface area (Å²) in [4.78, 5) is 44.4. The van der Waals surface area contributed by atoms with Crippen molar-refractivity contribution in [2.45, 2.75) is 59.9 Å². The summed E-state index contributed by atoms with van der Waals surface area (Å²) >= 11 is 1.47. The lowest BCUT2D eigenvalue weighted by Crippen LogP contribution is -2.37. The number of carbonyl (C=O) groups is 3. The number of nitrogens with zero attached hydrogens (tertiary/aromatic N) is 3. The van der Waals surface area contributed by atoms with E-state index < -0.39 is 0 Å². The van der Waals surface area contributed by atoms with Crippen LogP contribution in [0.25, 0.3) is 0 Å². The lowest BCUT2D eigenvalue weighted by Gasteiger charge is -2.25. The van der Waals surface area contributed by atoms with Crippen molar-refractivity contribution in [3.63, 3.8) is 0 Å². The van der Waals surface area contributed by atoms with Gasteiger partial charge in [-0.15, -0.1) is 11.3 Å². The summed E-state index contributed by atoms with van der Waals surface area (Å²) in [7, 11) is 0. The number of benzene rings is 2. The van der Waals surface area contributed by atoms with Crippen molar-refractivity contribution >= 4 is 40.3 Å². The number of rotatable bonds is 12. The van der Waals surface area contributed by atoms with Gasteiger partial charge in [0, 0.05) is 37.0 Å². The van der Waals surface area contributed by atoms with Crippen LogP contribution < -0.4 is 10.7 Å². The molecule has 0 bridgehead atoms. The van der Waals surface area contributed by atoms with E-state index in [0.717, 1.165) is 72.4 Å². The molecule has 1 aliphatic carbocycles. The highest BCUT2D eigenvalue weighted by atomic mass is 32.1. The van der Waals surface area contributed by atoms with Gasteiger partial charge in [-0.3, -0.25) is 14.4 Å². The molecule has 0 radical (unpaired) electrons. The zero-order valence-corrected chi connectivity index (χ0v) is 25.9. The first kappa shape index (κ1) is 31.1. The van der Waals surface area contributed by atoms with Crippen LogP contribution in [0.1, 0.15) is 81.5 Å². The Bertz CT molecular complexity index is 1430. The number of hydrogen-bond donors (Lipinski definition) is 2. The number of hydrogen-bond acceptors (Lipinski definition) is 6. The number of hydrazone groups is 1. The molecule has 9 heteroatoms. The summed E-state index contributed by atoms with van der Waals surface area (Å²) in [5.74, 6) is -0.612. The Morgan fingerprint density at radius 3 is 2.43 bits per heavy atom. The van der Waals surface area contributed by atoms with Crippen LogP contribution in [0.3, 0.4) is 0 Å². The monoisotopic (exact) mass is 587 g/mol. The molecule has 222 valence electrons. The molecule has 3 amide bonds. The van der Waals surface area contributed by atoms with Crippen LogP contribution in [0, 0.1) is 6.92 Å². The molecule has 4 rings (SSSR count). The second kappa shape index (κ2) is 14.9. The van der Waals surface area contributed by atoms with Gasteiger partial charge in [-0.2, -0.15) is 5.10 Å². The van der Waals surface area contributed by atoms with Gasteiger partial charge in [0.15, 0.2) is 0 Å². The molecule has 0 spiro atoms. The summed E-state index contributed by atoms with van der Waals surface area (Å²) < 4.78 is 0. The Hall–Kier alpha value is -3.82. The molecule has 0 aliphatic heterocycles. The molecule has 42 heavy (non-hydrogen) atoms. The van der Waals surface area contributed by atoms with Crippen LogP contribution in [-0.4, -0.2) is 59.9 Å². The van der Waals surface area contributed by atoms with Crippen molar-refractivity contribution in [2.75, 3.05) is 31.5 Å². The third-order valence-electron chi connectivity index (χ3n) is 7.67. The average Bonchev–Trinajstić information content (AvgIpc) is 3.35. The van der Waals surface area contributed by atoms with Crippen molar-refractivity contribution in [2.24, 2.45) is 5.10 Å². The highest BCUT2D eigenvalue weighted by Crippen LogP contribution is 2.38. The van der Waals surface area contributed by atoms with Gasteiger partial charge in [0.05, 0.1) is 11.8 Å². The van der Waals surface area contributed by atoms with Gasteiger partial charge in [0.1, 0.15) is 5.00 Å². The zero-order valence-electron chi connectivity index (χ0n) is 25.0. The maximum absolute atomic E-state index is 13.4. The molecule has 2 aromatic carbocycles. The third-order valence-corrected chi connectivity index (χ3v) is 8.88. The second-order valence-electron chi connectivity index (χ2n) is 10.6. The minimum atomic E-state index is -0.327. The number of carbonyl (C=O) groups excluding carboxylic acids is 3. The van der Waals surface area contributed by atoms with Crippen LogP contribution >= 0.6 is 11.3 Å². The lowest BCUT2D eigenvalue weighted by molar-refractivity contribution is -0.129. The molecule has 3 aromatic rings. The molecule has 0 unspecified atom stereocenters. The van der Waals surface area contributed by atoms with Crippen LogP contribution in [0.4, 0.5) is 5.00 Å². The molecule has 0 saturated heterocycles. The first-order chi connectivity index (χ1) is 20.3. The average molecular weight is 588 g/mol. The van der Waals surface area contributed by atoms with E-state index in [1.165, 1.54) is 11.3 Å². The molecule has 0 fully saturated rings. The number of fused-ring (bicyclic) bond motifs is 1. The number of aryl methyl sites for hydroxylation is 2. The maximum atomic E-state index is 13.4. The van der Waals surface area contributed by atoms with E-state index in [4.69, 9.17) is 0 Å². The van der Waals surface area contributed by atoms with Gasteiger partial charge < -0.3 is 15.1 Å². The van der Waals surface area contributed by atoms with Crippen LogP contribution in [0.5, 0.6) is 0 Å². The maximum Gasteiger partial charge on any atom is 0.274 e. The lowest BCUT2D eigenvalue weighted by atomic mass is 9.95. The molecule has 0 atom stereocenters. The topological polar surface area (TPSA) is 94.1 Å². The first-order valence-corrected chi connectivity index (χ1v) is 15.5. The van der Waals surface area contributed by atoms with Crippen LogP contribution in [-0.2, 0) is 24.2 Å². The smallest absolute Gasteiger partial charge is 0.274 e. The predicted molar refractivity (Wildman–Crippen MR) is 170 cm³/mol. The van der Waals surface area contributed by atoms with Gasteiger partial charge in [0.25, 0.3) is 11.8 Å². The highest BCUT2D eigenvalue weighted by molar-refractivity contribution is 7.17. The summed E-state index contributed by atoms with van der Waals surface area (Å²) in [6.07, 6.45) is 5.39. The number of nitrogens with one attached hydrogen (secondary N) is 2. The Morgan fingerprint density at radius 1 is 0.976 bits per heavy atom. The van der Waals surface area contributed by atoms with Gasteiger partial charge in [-0.25, -0.2) is 5.43 Å². The SMILES string of the molecule is CCN(CC)CCN(Cc1cccc(C(=O)Nc2sc3c(c2C(=O)N/N=C/c2ccc(C)cc2)CCCC3)c1)C(C)=O. The van der Waals surface area contributed by atoms with Gasteiger partial charge >= 0.3 is 0 Å². The summed E-state index contributed by atoms with van der Waals surface area (Å²) in [6, 6.07) is 15.2. The Morgan fingerprint density at radius 2 is 1.71 bits per heavy atom. The third kappa shape index (κ3) is 8.14. The number of anilines is 1. The van der Waals surface area contributed by atoms with E-state index in [1.54, 1.807) is 19.2 Å². The Labute approximate surface area is 252 Å². The normalized spacial score (nSPS) is 12.8. The van der Waals surface area contributed by atoms with E-state index in [2.05, 4.69) is 34.6 Å². The van der Waals surface area contributed by atoms with Gasteiger partial charge in [-0.05, 0) is 74.5 Å². The van der Waals surface area contributed by atoms with Crippen LogP contribution in [0.2, 0.25) is 0 Å². The fourth-order valence-electron chi connectivity index (χ4n) is 5.12. The Balaban J connectivity index is 1.49. The molecule has 0 saturated carbocycles. The highest BCUT2D eigenvalue weighted by Gasteiger charge is 2.26. The fourth-order valence-corrected chi connectivity index (χ4v) is 6.41. The molecule has 1 aromatic heterocycles. The zero-order chi connectivity index (χ0) is 30.1. The van der Waals surface area contributed by atoms with E-state index in [-0.39, 0.29) is 17.7 Å². The second-order valence-corrected chi connectivity index (χ2v) is 11.8. The predicted octanol–water partition coefficient (Wildman–Crippen LogP) is 5.64. The fraction of sp³-hybridized carbons (Fsp3) is 0.394. The van der Waals surface area contributed by atoms with Crippen LogP contribution in [0.15, 0.2) is 53.6 Å². The van der Waals surface area contributed by atoms with E-state index in [1.807, 2.05) is 54.3 Å². The molecular weight excluding hydrogens is 546 g/mol. The first-order valence-electron chi connectivity index (χ1n) is 14.7. The number of thiophene rings is 1. The summed E-state index contributed by atoms with van der Waals surface area (Å²) in [5.41, 5.74) is 7.57. The van der Waals surface area contributed by atoms with Crippen molar-refractivity contribution in [3.8, 4) is 0 Å². The van der Waals surface area contributed by atoms with Crippen molar-refractivity contribution in [1.82, 2.24) is 15.2 Å². The van der Waals surface area contributed by atoms with Crippen molar-refractivity contribution in [1.29, 1.82) is 0 Å². The minimum Gasteiger partial charge on any atom is -0.337 e. The standard InChI is InChI=1S/C33H41N5O3S/c1-5-37(6-2)18-19-38(24(4)39)22-26-10-9-11-27(20-26)31(40)35-33-30(28-12-7-8-13-29(28)42-33)32(41)36-34-21-25-16-14-23(3)15-17-25/h9-11,14-17,20-21H,5-8,12-13,18-19,22H2,1-4H3,(H,35,40)(H,36,41)/b34-21+. The van der Waals surface area contributed by atoms with E-state index in [9.17, 15) is 14.4 Å². The quantitative estimate of drug-likeness (QED) is 0.212. The Kier molecular flexibility index (Phi) is 11.0. The molecule has 1 aliphatic rings. The van der Waals surface area contributed by atoms with Crippen molar-refractivity contribution < 1.29 is 14.4 Å². The van der Waals surface area contributed by atoms with E-state index >= 15 is 0 Å². The van der Waals surface area contributed by atoms with E-state index in [0.29, 0.717) is 29.2 Å². The number of amides is 3. The number of likely N-dealkylation sites (N-methyl/N-ethyl adjacent to an activating group) is 1. The molecular formula is C33H41N5O3S. The van der Waals surface area contributed by atoms with Gasteiger partial charge in [-0.1, -0.05) is 55.8 Å². The minimum absolute atomic E-state index is 0.00173. The summed E-state index contributed by atoms with van der Waals surface area (Å²) in [5, 5.41) is 7.74. The van der Waals surface area contributed by atoms with Gasteiger partial charge in [0.2, 0.25) is 5.91 Å². The van der Waals surface area contributed by atoms with Crippen molar-refractivity contribution in [3.05, 3.63) is 86.8 Å². The molecule has 2 N–H and O–H groups in total. The largest absolute Gasteiger partial charge is 0.337 e. The molecule has 8 nitrogen and oxygen atoms in total. The molecule has 1 heterocycles.